The van der Waals surface area contributed by atoms with E-state index in [2.05, 4.69) is 0 Å². The third-order valence-corrected chi connectivity index (χ3v) is 3.19. The van der Waals surface area contributed by atoms with Crippen molar-refractivity contribution >= 4 is 29.1 Å². The summed E-state index contributed by atoms with van der Waals surface area (Å²) in [4.78, 5) is 25.3. The largest absolute Gasteiger partial charge is 0.414 e. The van der Waals surface area contributed by atoms with E-state index in [9.17, 15) is 14.9 Å². The highest BCUT2D eigenvalue weighted by Gasteiger charge is 2.22. The summed E-state index contributed by atoms with van der Waals surface area (Å²) in [7, 11) is 3.10. The molecule has 0 heterocycles. The molecule has 116 valence electrons. The fourth-order valence-corrected chi connectivity index (χ4v) is 1.97. The molecule has 0 atom stereocenters. The summed E-state index contributed by atoms with van der Waals surface area (Å²) >= 11 is 5.89. The first-order valence-corrected chi connectivity index (χ1v) is 6.81. The first-order valence-electron chi connectivity index (χ1n) is 6.43. The van der Waals surface area contributed by atoms with Crippen molar-refractivity contribution in [1.82, 2.24) is 4.90 Å². The summed E-state index contributed by atoms with van der Waals surface area (Å²) in [5.41, 5.74) is 0.245. The predicted octanol–water partition coefficient (Wildman–Crippen LogP) is 3.15. The molecule has 1 rings (SSSR count). The van der Waals surface area contributed by atoms with Crippen molar-refractivity contribution in [1.29, 1.82) is 0 Å². The average molecular weight is 316 g/mol. The number of rotatable bonds is 5. The van der Waals surface area contributed by atoms with Gasteiger partial charge in [0, 0.05) is 39.3 Å². The van der Waals surface area contributed by atoms with Crippen LogP contribution in [0.5, 0.6) is 5.75 Å². The van der Waals surface area contributed by atoms with Crippen LogP contribution in [-0.4, -0.2) is 43.1 Å². The highest BCUT2D eigenvalue weighted by Crippen LogP contribution is 2.38. The van der Waals surface area contributed by atoms with E-state index < -0.39 is 11.0 Å². The second kappa shape index (κ2) is 7.12. The molecule has 0 radical (unpaired) electrons. The van der Waals surface area contributed by atoms with Gasteiger partial charge in [-0.2, -0.15) is 0 Å². The third kappa shape index (κ3) is 3.98. The van der Waals surface area contributed by atoms with E-state index in [1.807, 2.05) is 18.7 Å². The number of carbonyl (C=O) groups is 1. The lowest BCUT2D eigenvalue weighted by Gasteiger charge is -2.24. The standard InChI is InChI=1S/C13H18ClN3O4/c1-5-16(6-2)11-8-10(17(19)20)9(14)7-12(11)21-13(18)15(3)4/h7-8H,5-6H2,1-4H3. The molecule has 0 aliphatic heterocycles. The van der Waals surface area contributed by atoms with Crippen LogP contribution in [0.25, 0.3) is 0 Å². The van der Waals surface area contributed by atoms with E-state index in [0.717, 1.165) is 0 Å². The first-order chi connectivity index (χ1) is 9.81. The van der Waals surface area contributed by atoms with E-state index in [-0.39, 0.29) is 16.5 Å². The van der Waals surface area contributed by atoms with Gasteiger partial charge >= 0.3 is 6.09 Å². The average Bonchev–Trinajstić information content (AvgIpc) is 2.41. The van der Waals surface area contributed by atoms with Gasteiger partial charge in [0.05, 0.1) is 10.6 Å². The lowest BCUT2D eigenvalue weighted by Crippen LogP contribution is -2.27. The minimum atomic E-state index is -0.576. The maximum absolute atomic E-state index is 11.7. The molecule has 0 aliphatic carbocycles. The number of hydrogen-bond donors (Lipinski definition) is 0. The van der Waals surface area contributed by atoms with Crippen molar-refractivity contribution in [3.63, 3.8) is 0 Å². The fourth-order valence-electron chi connectivity index (χ4n) is 1.75. The minimum absolute atomic E-state index is 0.0718. The Hall–Kier alpha value is -2.02. The Balaban J connectivity index is 3.36. The number of ether oxygens (including phenoxy) is 1. The van der Waals surface area contributed by atoms with Gasteiger partial charge in [0.15, 0.2) is 5.75 Å². The molecule has 1 amide bonds. The van der Waals surface area contributed by atoms with Crippen molar-refractivity contribution in [2.24, 2.45) is 0 Å². The Labute approximate surface area is 128 Å². The Kier molecular flexibility index (Phi) is 5.78. The molecule has 7 nitrogen and oxygen atoms in total. The van der Waals surface area contributed by atoms with Crippen molar-refractivity contribution in [2.45, 2.75) is 13.8 Å². The molecule has 0 bridgehead atoms. The zero-order valence-corrected chi connectivity index (χ0v) is 13.2. The molecular weight excluding hydrogens is 298 g/mol. The predicted molar refractivity (Wildman–Crippen MR) is 81.4 cm³/mol. The number of nitrogens with zero attached hydrogens (tertiary/aromatic N) is 3. The Bertz CT molecular complexity index is 544. The summed E-state index contributed by atoms with van der Waals surface area (Å²) in [6.07, 6.45) is -0.576. The molecule has 21 heavy (non-hydrogen) atoms. The van der Waals surface area contributed by atoms with Gasteiger partial charge < -0.3 is 14.5 Å². The number of benzene rings is 1. The highest BCUT2D eigenvalue weighted by molar-refractivity contribution is 6.33. The molecule has 0 N–H and O–H groups in total. The second-order valence-electron chi connectivity index (χ2n) is 4.46. The van der Waals surface area contributed by atoms with Crippen LogP contribution in [0, 0.1) is 10.1 Å². The summed E-state index contributed by atoms with van der Waals surface area (Å²) in [6.45, 7) is 5.03. The maximum atomic E-state index is 11.7. The molecule has 0 saturated heterocycles. The van der Waals surface area contributed by atoms with Crippen LogP contribution < -0.4 is 9.64 Å². The van der Waals surface area contributed by atoms with Gasteiger partial charge in [0.1, 0.15) is 5.02 Å². The van der Waals surface area contributed by atoms with Crippen molar-refractivity contribution in [3.8, 4) is 5.75 Å². The van der Waals surface area contributed by atoms with E-state index >= 15 is 0 Å². The number of carbonyl (C=O) groups excluding carboxylic acids is 1. The van der Waals surface area contributed by atoms with E-state index in [1.165, 1.54) is 17.0 Å². The summed E-state index contributed by atoms with van der Waals surface area (Å²) in [5, 5.41) is 10.9. The lowest BCUT2D eigenvalue weighted by molar-refractivity contribution is -0.384. The molecule has 8 heteroatoms. The number of nitro benzene ring substituents is 1. The zero-order chi connectivity index (χ0) is 16.2. The second-order valence-corrected chi connectivity index (χ2v) is 4.87. The number of hydrogen-bond acceptors (Lipinski definition) is 5. The van der Waals surface area contributed by atoms with Crippen LogP contribution in [0.15, 0.2) is 12.1 Å². The Morgan fingerprint density at radius 1 is 1.33 bits per heavy atom. The van der Waals surface area contributed by atoms with Crippen molar-refractivity contribution in [2.75, 3.05) is 32.1 Å². The summed E-state index contributed by atoms with van der Waals surface area (Å²) in [6, 6.07) is 2.63. The number of halogens is 1. The fraction of sp³-hybridized carbons (Fsp3) is 0.462. The molecular formula is C13H18ClN3O4. The maximum Gasteiger partial charge on any atom is 0.414 e. The van der Waals surface area contributed by atoms with Crippen LogP contribution in [0.4, 0.5) is 16.2 Å². The third-order valence-electron chi connectivity index (χ3n) is 2.89. The van der Waals surface area contributed by atoms with Gasteiger partial charge in [-0.25, -0.2) is 4.79 Å². The monoisotopic (exact) mass is 315 g/mol. The van der Waals surface area contributed by atoms with E-state index in [1.54, 1.807) is 14.1 Å². The van der Waals surface area contributed by atoms with Crippen molar-refractivity contribution < 1.29 is 14.5 Å². The summed E-state index contributed by atoms with van der Waals surface area (Å²) < 4.78 is 5.25. The minimum Gasteiger partial charge on any atom is -0.408 e. The quantitative estimate of drug-likeness (QED) is 0.616. The van der Waals surface area contributed by atoms with E-state index in [4.69, 9.17) is 16.3 Å². The molecule has 1 aromatic rings. The number of nitro groups is 1. The van der Waals surface area contributed by atoms with Crippen LogP contribution in [0.2, 0.25) is 5.02 Å². The molecule has 0 aliphatic rings. The van der Waals surface area contributed by atoms with Gasteiger partial charge in [0.25, 0.3) is 5.69 Å². The smallest absolute Gasteiger partial charge is 0.408 e. The molecule has 0 aromatic heterocycles. The van der Waals surface area contributed by atoms with Crippen LogP contribution in [0.1, 0.15) is 13.8 Å². The summed E-state index contributed by atoms with van der Waals surface area (Å²) in [5.74, 6) is 0.202. The van der Waals surface area contributed by atoms with Crippen LogP contribution in [-0.2, 0) is 0 Å². The molecule has 0 fully saturated rings. The van der Waals surface area contributed by atoms with Gasteiger partial charge in [-0.3, -0.25) is 10.1 Å². The van der Waals surface area contributed by atoms with E-state index in [0.29, 0.717) is 18.8 Å². The molecule has 1 aromatic carbocycles. The zero-order valence-electron chi connectivity index (χ0n) is 12.4. The molecule has 0 spiro atoms. The van der Waals surface area contributed by atoms with Gasteiger partial charge in [-0.15, -0.1) is 0 Å². The number of anilines is 1. The highest BCUT2D eigenvalue weighted by atomic mass is 35.5. The normalized spacial score (nSPS) is 10.1. The van der Waals surface area contributed by atoms with Gasteiger partial charge in [-0.05, 0) is 13.8 Å². The molecule has 0 unspecified atom stereocenters. The molecule has 0 saturated carbocycles. The Morgan fingerprint density at radius 3 is 2.33 bits per heavy atom. The van der Waals surface area contributed by atoms with Crippen LogP contribution >= 0.6 is 11.6 Å². The lowest BCUT2D eigenvalue weighted by atomic mass is 10.2. The first kappa shape index (κ1) is 17.0. The number of amides is 1. The van der Waals surface area contributed by atoms with Gasteiger partial charge in [0.2, 0.25) is 0 Å². The SMILES string of the molecule is CCN(CC)c1cc([N+](=O)[O-])c(Cl)cc1OC(=O)N(C)C. The van der Waals surface area contributed by atoms with Crippen LogP contribution in [0.3, 0.4) is 0 Å². The Morgan fingerprint density at radius 2 is 1.90 bits per heavy atom. The van der Waals surface area contributed by atoms with Gasteiger partial charge in [-0.1, -0.05) is 11.6 Å². The van der Waals surface area contributed by atoms with Crippen molar-refractivity contribution in [3.05, 3.63) is 27.3 Å². The topological polar surface area (TPSA) is 75.9 Å².